The maximum absolute atomic E-state index is 16.2. The van der Waals surface area contributed by atoms with Crippen molar-refractivity contribution in [3.8, 4) is 22.6 Å². The predicted octanol–water partition coefficient (Wildman–Crippen LogP) is 7.99. The highest BCUT2D eigenvalue weighted by molar-refractivity contribution is 6.34. The molecular formula is C52H59ClF2N8O6. The summed E-state index contributed by atoms with van der Waals surface area (Å²) in [5.74, 6) is -2.30. The van der Waals surface area contributed by atoms with Crippen molar-refractivity contribution in [1.29, 1.82) is 0 Å². The molecule has 0 spiro atoms. The number of imide groups is 1. The summed E-state index contributed by atoms with van der Waals surface area (Å²) < 4.78 is 45.8. The quantitative estimate of drug-likeness (QED) is 0.100. The molecule has 364 valence electrons. The van der Waals surface area contributed by atoms with Crippen molar-refractivity contribution < 1.29 is 37.4 Å². The second-order valence-corrected chi connectivity index (χ2v) is 19.4. The van der Waals surface area contributed by atoms with Gasteiger partial charge in [-0.25, -0.2) is 13.6 Å². The molecule has 1 saturated carbocycles. The number of nitrogens with zero attached hydrogens (tertiary/aromatic N) is 5. The standard InChI is InChI=1S/C52H59ClF2N8O6/c1-30-43-41(28-38(54)46(53)45(43)44-37(48(56)65)17-18-40(68-4)47(44)55)69-52(30,34-9-6-5-7-10-34)29-57-35-14-11-32(12-15-35)50(66)60(2)22-8-23-62-24-19-31(20-25-62)33-13-16-36-39(27-33)61(3)59-49(36)63-26-21-42(64)58-51(63)67/h5-7,9-10,13,16-18,27-28,30-32,35,57H,8,11-12,14-15,19-26,29H2,1-4H3,(H2,56,65)(H,58,64,67). The predicted molar refractivity (Wildman–Crippen MR) is 260 cm³/mol. The highest BCUT2D eigenvalue weighted by Crippen LogP contribution is 2.56. The monoisotopic (exact) mass is 964 g/mol. The minimum absolute atomic E-state index is 0.00508. The zero-order chi connectivity index (χ0) is 48.7. The molecule has 4 heterocycles. The first-order chi connectivity index (χ1) is 33.2. The number of hydrogen-bond donors (Lipinski definition) is 3. The molecule has 69 heavy (non-hydrogen) atoms. The topological polar surface area (TPSA) is 164 Å². The van der Waals surface area contributed by atoms with E-state index in [1.165, 1.54) is 35.8 Å². The highest BCUT2D eigenvalue weighted by Gasteiger charge is 2.50. The van der Waals surface area contributed by atoms with Gasteiger partial charge in [0.1, 0.15) is 11.6 Å². The second kappa shape index (κ2) is 19.7. The minimum Gasteiger partial charge on any atom is -0.494 e. The molecule has 17 heteroatoms. The van der Waals surface area contributed by atoms with Crippen LogP contribution >= 0.6 is 11.6 Å². The number of anilines is 1. The van der Waals surface area contributed by atoms with Crippen LogP contribution in [0, 0.1) is 17.6 Å². The number of amides is 5. The number of aromatic nitrogens is 2. The molecule has 2 unspecified atom stereocenters. The van der Waals surface area contributed by atoms with E-state index in [2.05, 4.69) is 32.8 Å². The van der Waals surface area contributed by atoms with Crippen LogP contribution in [0.25, 0.3) is 22.0 Å². The molecule has 4 aliphatic rings. The second-order valence-electron chi connectivity index (χ2n) is 19.0. The van der Waals surface area contributed by atoms with Crippen molar-refractivity contribution in [1.82, 2.24) is 30.2 Å². The Kier molecular flexibility index (Phi) is 13.7. The number of carbonyl (C=O) groups is 4. The van der Waals surface area contributed by atoms with Crippen LogP contribution in [0.4, 0.5) is 19.4 Å². The van der Waals surface area contributed by atoms with E-state index in [9.17, 15) is 19.2 Å². The third-order valence-corrected chi connectivity index (χ3v) is 15.4. The Balaban J connectivity index is 0.783. The largest absolute Gasteiger partial charge is 0.494 e. The van der Waals surface area contributed by atoms with Gasteiger partial charge in [-0.05, 0) is 106 Å². The van der Waals surface area contributed by atoms with Gasteiger partial charge in [0, 0.05) is 86.2 Å². The normalized spacial score (nSPS) is 22.1. The van der Waals surface area contributed by atoms with E-state index in [0.29, 0.717) is 36.9 Å². The number of piperidine rings is 1. The zero-order valence-corrected chi connectivity index (χ0v) is 40.2. The summed E-state index contributed by atoms with van der Waals surface area (Å²) in [5.41, 5.74) is 7.73. The van der Waals surface area contributed by atoms with Gasteiger partial charge in [0.15, 0.2) is 23.0 Å². The zero-order valence-electron chi connectivity index (χ0n) is 39.5. The molecule has 5 aromatic rings. The average molecular weight is 966 g/mol. The lowest BCUT2D eigenvalue weighted by molar-refractivity contribution is -0.135. The molecule has 1 aliphatic carbocycles. The Hall–Kier alpha value is -6.10. The first kappa shape index (κ1) is 47.9. The van der Waals surface area contributed by atoms with Crippen LogP contribution in [-0.2, 0) is 22.2 Å². The average Bonchev–Trinajstić information content (AvgIpc) is 3.83. The lowest BCUT2D eigenvalue weighted by Gasteiger charge is -2.37. The lowest BCUT2D eigenvalue weighted by atomic mass is 9.77. The Morgan fingerprint density at radius 3 is 2.43 bits per heavy atom. The summed E-state index contributed by atoms with van der Waals surface area (Å²) in [5, 5.41) is 11.3. The molecule has 3 fully saturated rings. The Bertz CT molecular complexity index is 2790. The summed E-state index contributed by atoms with van der Waals surface area (Å²) in [6, 6.07) is 19.5. The first-order valence-electron chi connectivity index (χ1n) is 23.9. The van der Waals surface area contributed by atoms with Crippen LogP contribution in [0.1, 0.15) is 97.2 Å². The summed E-state index contributed by atoms with van der Waals surface area (Å²) in [6.45, 7) is 6.10. The van der Waals surface area contributed by atoms with Crippen LogP contribution in [0.15, 0.2) is 66.7 Å². The number of likely N-dealkylation sites (tertiary alicyclic amines) is 1. The summed E-state index contributed by atoms with van der Waals surface area (Å²) in [7, 11) is 5.08. The van der Waals surface area contributed by atoms with Gasteiger partial charge in [0.2, 0.25) is 17.7 Å². The first-order valence-corrected chi connectivity index (χ1v) is 24.3. The number of fused-ring (bicyclic) bond motifs is 2. The van der Waals surface area contributed by atoms with E-state index >= 15 is 8.78 Å². The van der Waals surface area contributed by atoms with E-state index in [4.69, 9.17) is 26.8 Å². The van der Waals surface area contributed by atoms with Crippen molar-refractivity contribution in [2.75, 3.05) is 58.3 Å². The van der Waals surface area contributed by atoms with Crippen molar-refractivity contribution in [3.63, 3.8) is 0 Å². The van der Waals surface area contributed by atoms with Gasteiger partial charge in [-0.2, -0.15) is 5.10 Å². The fourth-order valence-electron chi connectivity index (χ4n) is 11.1. The van der Waals surface area contributed by atoms with Crippen LogP contribution in [-0.4, -0.2) is 103 Å². The van der Waals surface area contributed by atoms with Crippen LogP contribution in [0.3, 0.4) is 0 Å². The molecule has 2 saturated heterocycles. The van der Waals surface area contributed by atoms with Gasteiger partial charge < -0.3 is 30.3 Å². The fourth-order valence-corrected chi connectivity index (χ4v) is 11.4. The van der Waals surface area contributed by atoms with E-state index in [0.717, 1.165) is 81.0 Å². The van der Waals surface area contributed by atoms with Gasteiger partial charge in [-0.1, -0.05) is 54.9 Å². The lowest BCUT2D eigenvalue weighted by Crippen LogP contribution is -2.49. The molecule has 3 aliphatic heterocycles. The fraction of sp³-hybridized carbons (Fsp3) is 0.442. The van der Waals surface area contributed by atoms with Crippen molar-refractivity contribution in [3.05, 3.63) is 106 Å². The summed E-state index contributed by atoms with van der Waals surface area (Å²) >= 11 is 6.69. The number of carbonyl (C=O) groups excluding carboxylic acids is 4. The van der Waals surface area contributed by atoms with Gasteiger partial charge in [-0.3, -0.25) is 29.3 Å². The minimum atomic E-state index is -1.07. The van der Waals surface area contributed by atoms with Crippen LogP contribution < -0.4 is 30.7 Å². The molecule has 14 nitrogen and oxygen atoms in total. The number of urea groups is 1. The van der Waals surface area contributed by atoms with E-state index in [-0.39, 0.29) is 63.4 Å². The van der Waals surface area contributed by atoms with Gasteiger partial charge in [0.25, 0.3) is 0 Å². The van der Waals surface area contributed by atoms with Crippen molar-refractivity contribution in [2.45, 2.75) is 81.8 Å². The van der Waals surface area contributed by atoms with E-state index in [1.54, 1.807) is 4.68 Å². The molecule has 4 N–H and O–H groups in total. The summed E-state index contributed by atoms with van der Waals surface area (Å²) in [4.78, 5) is 56.6. The van der Waals surface area contributed by atoms with Gasteiger partial charge in [-0.15, -0.1) is 0 Å². The van der Waals surface area contributed by atoms with Crippen molar-refractivity contribution >= 4 is 52.1 Å². The number of ether oxygens (including phenoxy) is 2. The molecule has 0 bridgehead atoms. The highest BCUT2D eigenvalue weighted by atomic mass is 35.5. The number of primary amides is 1. The molecule has 2 atom stereocenters. The van der Waals surface area contributed by atoms with E-state index < -0.39 is 35.1 Å². The van der Waals surface area contributed by atoms with Gasteiger partial charge >= 0.3 is 6.03 Å². The summed E-state index contributed by atoms with van der Waals surface area (Å²) in [6.07, 6.45) is 6.21. The van der Waals surface area contributed by atoms with Crippen molar-refractivity contribution in [2.24, 2.45) is 18.7 Å². The Morgan fingerprint density at radius 2 is 1.74 bits per heavy atom. The Morgan fingerprint density at radius 1 is 1.00 bits per heavy atom. The molecule has 9 rings (SSSR count). The molecule has 1 aromatic heterocycles. The Labute approximate surface area is 405 Å². The SMILES string of the molecule is COc1ccc(C(N)=O)c(-c2c(Cl)c(F)cc3c2C(C)C(CNC2CCC(C(=O)N(C)CCCN4CCC(c5ccc6c(N7CCC(=O)NC7=O)nn(C)c6c5)CC4)CC2)(c2ccccc2)O3)c1F. The van der Waals surface area contributed by atoms with Gasteiger partial charge in [0.05, 0.1) is 23.2 Å². The third-order valence-electron chi connectivity index (χ3n) is 15.0. The molecule has 5 amide bonds. The van der Waals surface area contributed by atoms with Crippen LogP contribution in [0.2, 0.25) is 5.02 Å². The third kappa shape index (κ3) is 9.14. The number of rotatable bonds is 14. The number of nitrogens with two attached hydrogens (primary N) is 1. The number of methoxy groups -OCH3 is 1. The number of hydrogen-bond acceptors (Lipinski definition) is 9. The maximum Gasteiger partial charge on any atom is 0.329 e. The van der Waals surface area contributed by atoms with E-state index in [1.807, 2.05) is 62.3 Å². The smallest absolute Gasteiger partial charge is 0.329 e. The van der Waals surface area contributed by atoms with Crippen LogP contribution in [0.5, 0.6) is 11.5 Å². The number of benzene rings is 4. The maximum atomic E-state index is 16.2. The number of nitrogens with one attached hydrogen (secondary N) is 2. The molecule has 0 radical (unpaired) electrons. The number of halogens is 3. The molecular weight excluding hydrogens is 906 g/mol. The number of aryl methyl sites for hydroxylation is 1. The molecule has 4 aromatic carbocycles.